The highest BCUT2D eigenvalue weighted by Crippen LogP contribution is 2.39. The van der Waals surface area contributed by atoms with Gasteiger partial charge in [-0.05, 0) is 26.0 Å². The van der Waals surface area contributed by atoms with Crippen LogP contribution in [0.2, 0.25) is 0 Å². The minimum absolute atomic E-state index is 0.0752. The van der Waals surface area contributed by atoms with Crippen molar-refractivity contribution in [2.24, 2.45) is 0 Å². The molecule has 17 heavy (non-hydrogen) atoms. The molecule has 4 heteroatoms. The topological polar surface area (TPSA) is 35.5 Å². The molecule has 0 heterocycles. The predicted octanol–water partition coefficient (Wildman–Crippen LogP) is 3.12. The highest BCUT2D eigenvalue weighted by molar-refractivity contribution is 9.10. The maximum absolute atomic E-state index is 11.5. The Labute approximate surface area is 110 Å². The van der Waals surface area contributed by atoms with Crippen LogP contribution in [0.5, 0.6) is 0 Å². The smallest absolute Gasteiger partial charge is 0.333 e. The Morgan fingerprint density at radius 1 is 1.59 bits per heavy atom. The zero-order valence-corrected chi connectivity index (χ0v) is 11.9. The minimum atomic E-state index is -0.532. The first-order chi connectivity index (χ1) is 7.92. The van der Waals surface area contributed by atoms with Crippen LogP contribution in [-0.2, 0) is 14.3 Å². The van der Waals surface area contributed by atoms with Gasteiger partial charge in [-0.2, -0.15) is 0 Å². The van der Waals surface area contributed by atoms with Gasteiger partial charge in [-0.15, -0.1) is 6.58 Å². The third kappa shape index (κ3) is 3.22. The van der Waals surface area contributed by atoms with Crippen LogP contribution in [0.15, 0.2) is 36.1 Å². The average molecular weight is 301 g/mol. The third-order valence-corrected chi connectivity index (χ3v) is 3.42. The van der Waals surface area contributed by atoms with Crippen LogP contribution in [-0.4, -0.2) is 23.5 Å². The van der Waals surface area contributed by atoms with Crippen LogP contribution < -0.4 is 0 Å². The number of alkyl halides is 1. The lowest BCUT2D eigenvalue weighted by Gasteiger charge is -2.31. The third-order valence-electron chi connectivity index (χ3n) is 2.43. The zero-order chi connectivity index (χ0) is 13.1. The molecular formula is C13H17BrO3. The summed E-state index contributed by atoms with van der Waals surface area (Å²) in [5, 5.41) is 0. The highest BCUT2D eigenvalue weighted by atomic mass is 79.9. The molecule has 0 aromatic heterocycles. The fraction of sp³-hybridized carbons (Fsp3) is 0.462. The van der Waals surface area contributed by atoms with Crippen molar-refractivity contribution in [2.75, 3.05) is 7.11 Å². The van der Waals surface area contributed by atoms with Gasteiger partial charge in [0.2, 0.25) is 0 Å². The molecule has 0 saturated heterocycles. The van der Waals surface area contributed by atoms with Crippen LogP contribution in [0, 0.1) is 0 Å². The molecule has 1 unspecified atom stereocenters. The number of esters is 1. The molecule has 0 spiro atoms. The fourth-order valence-electron chi connectivity index (χ4n) is 1.57. The molecule has 1 aliphatic rings. The van der Waals surface area contributed by atoms with Gasteiger partial charge in [0, 0.05) is 12.0 Å². The van der Waals surface area contributed by atoms with Crippen molar-refractivity contribution < 1.29 is 14.3 Å². The number of allylic oxidation sites excluding steroid dienone is 3. The summed E-state index contributed by atoms with van der Waals surface area (Å²) in [7, 11) is 1.37. The van der Waals surface area contributed by atoms with Gasteiger partial charge in [0.1, 0.15) is 10.1 Å². The SMILES string of the molecule is C=CC1(Br)CC(C(=O)OC)=CC=C1OC(C)C. The Balaban J connectivity index is 3.02. The van der Waals surface area contributed by atoms with E-state index in [1.54, 1.807) is 18.2 Å². The molecule has 0 radical (unpaired) electrons. The second kappa shape index (κ2) is 5.54. The first kappa shape index (κ1) is 14.0. The van der Waals surface area contributed by atoms with Crippen LogP contribution in [0.3, 0.4) is 0 Å². The monoisotopic (exact) mass is 300 g/mol. The van der Waals surface area contributed by atoms with Crippen molar-refractivity contribution in [1.29, 1.82) is 0 Å². The van der Waals surface area contributed by atoms with Crippen molar-refractivity contribution in [1.82, 2.24) is 0 Å². The second-order valence-corrected chi connectivity index (χ2v) is 5.54. The molecule has 94 valence electrons. The van der Waals surface area contributed by atoms with E-state index in [0.29, 0.717) is 12.0 Å². The van der Waals surface area contributed by atoms with Crippen molar-refractivity contribution in [3.05, 3.63) is 36.1 Å². The second-order valence-electron chi connectivity index (χ2n) is 4.12. The summed E-state index contributed by atoms with van der Waals surface area (Å²) in [6.07, 6.45) is 5.80. The molecular weight excluding hydrogens is 284 g/mol. The van der Waals surface area contributed by atoms with E-state index in [-0.39, 0.29) is 12.1 Å². The Hall–Kier alpha value is -1.03. The fourth-order valence-corrected chi connectivity index (χ4v) is 2.10. The van der Waals surface area contributed by atoms with E-state index in [0.717, 1.165) is 5.76 Å². The maximum atomic E-state index is 11.5. The lowest BCUT2D eigenvalue weighted by molar-refractivity contribution is -0.136. The molecule has 0 saturated carbocycles. The molecule has 1 rings (SSSR count). The van der Waals surface area contributed by atoms with Crippen LogP contribution in [0.25, 0.3) is 0 Å². The number of rotatable bonds is 4. The van der Waals surface area contributed by atoms with Gasteiger partial charge in [-0.25, -0.2) is 4.79 Å². The number of hydrogen-bond acceptors (Lipinski definition) is 3. The standard InChI is InChI=1S/C13H17BrO3/c1-5-13(14)8-10(12(15)16-4)6-7-11(13)17-9(2)3/h5-7,9H,1,8H2,2-4H3. The number of carbonyl (C=O) groups is 1. The molecule has 0 amide bonds. The summed E-state index contributed by atoms with van der Waals surface area (Å²) >= 11 is 3.57. The Bertz CT molecular complexity index is 382. The Morgan fingerprint density at radius 3 is 2.71 bits per heavy atom. The summed E-state index contributed by atoms with van der Waals surface area (Å²) in [5.41, 5.74) is 0.598. The molecule has 0 fully saturated rings. The van der Waals surface area contributed by atoms with Gasteiger partial charge in [-0.1, -0.05) is 22.0 Å². The number of hydrogen-bond donors (Lipinski definition) is 0. The van der Waals surface area contributed by atoms with Crippen LogP contribution in [0.4, 0.5) is 0 Å². The average Bonchev–Trinajstić information content (AvgIpc) is 2.30. The van der Waals surface area contributed by atoms with Crippen molar-refractivity contribution in [3.63, 3.8) is 0 Å². The van der Waals surface area contributed by atoms with E-state index in [4.69, 9.17) is 9.47 Å². The quantitative estimate of drug-likeness (QED) is 0.455. The Kier molecular flexibility index (Phi) is 4.57. The largest absolute Gasteiger partial charge is 0.494 e. The van der Waals surface area contributed by atoms with E-state index >= 15 is 0 Å². The van der Waals surface area contributed by atoms with E-state index in [2.05, 4.69) is 22.5 Å². The summed E-state index contributed by atoms with van der Waals surface area (Å²) in [6.45, 7) is 7.70. The summed E-state index contributed by atoms with van der Waals surface area (Å²) in [5.74, 6) is 0.436. The molecule has 1 atom stereocenters. The van der Waals surface area contributed by atoms with Crippen molar-refractivity contribution >= 4 is 21.9 Å². The molecule has 0 N–H and O–H groups in total. The molecule has 0 aromatic carbocycles. The predicted molar refractivity (Wildman–Crippen MR) is 70.9 cm³/mol. The zero-order valence-electron chi connectivity index (χ0n) is 10.3. The van der Waals surface area contributed by atoms with E-state index < -0.39 is 4.32 Å². The molecule has 0 aliphatic heterocycles. The Morgan fingerprint density at radius 2 is 2.24 bits per heavy atom. The minimum Gasteiger partial charge on any atom is -0.494 e. The van der Waals surface area contributed by atoms with Crippen molar-refractivity contribution in [3.8, 4) is 0 Å². The van der Waals surface area contributed by atoms with Gasteiger partial charge >= 0.3 is 5.97 Å². The number of ether oxygens (including phenoxy) is 2. The highest BCUT2D eigenvalue weighted by Gasteiger charge is 2.35. The van der Waals surface area contributed by atoms with Crippen molar-refractivity contribution in [2.45, 2.75) is 30.7 Å². The first-order valence-corrected chi connectivity index (χ1v) is 6.21. The lowest BCUT2D eigenvalue weighted by atomic mass is 9.92. The number of halogens is 1. The summed E-state index contributed by atoms with van der Waals surface area (Å²) in [4.78, 5) is 11.5. The summed E-state index contributed by atoms with van der Waals surface area (Å²) in [6, 6.07) is 0. The van der Waals surface area contributed by atoms with Gasteiger partial charge < -0.3 is 9.47 Å². The molecule has 1 aliphatic carbocycles. The molecule has 0 bridgehead atoms. The van der Waals surface area contributed by atoms with Gasteiger partial charge in [0.05, 0.1) is 13.2 Å². The van der Waals surface area contributed by atoms with E-state index in [1.807, 2.05) is 13.8 Å². The normalized spacial score (nSPS) is 23.8. The first-order valence-electron chi connectivity index (χ1n) is 5.41. The number of methoxy groups -OCH3 is 1. The van der Waals surface area contributed by atoms with E-state index in [1.165, 1.54) is 7.11 Å². The number of carbonyl (C=O) groups excluding carboxylic acids is 1. The van der Waals surface area contributed by atoms with Gasteiger partial charge in [0.25, 0.3) is 0 Å². The molecule has 3 nitrogen and oxygen atoms in total. The van der Waals surface area contributed by atoms with Crippen LogP contribution >= 0.6 is 15.9 Å². The summed E-state index contributed by atoms with van der Waals surface area (Å²) < 4.78 is 9.88. The lowest BCUT2D eigenvalue weighted by Crippen LogP contribution is -2.29. The van der Waals surface area contributed by atoms with E-state index in [9.17, 15) is 4.79 Å². The van der Waals surface area contributed by atoms with Gasteiger partial charge in [-0.3, -0.25) is 0 Å². The molecule has 0 aromatic rings. The van der Waals surface area contributed by atoms with Crippen LogP contribution in [0.1, 0.15) is 20.3 Å². The van der Waals surface area contributed by atoms with Gasteiger partial charge in [0.15, 0.2) is 0 Å². The maximum Gasteiger partial charge on any atom is 0.333 e.